The zero-order chi connectivity index (χ0) is 13.4. The van der Waals surface area contributed by atoms with Gasteiger partial charge in [0, 0.05) is 19.3 Å². The lowest BCUT2D eigenvalue weighted by Crippen LogP contribution is -2.28. The fourth-order valence-electron chi connectivity index (χ4n) is 1.20. The SMILES string of the molecule is COB(O)CNSCc1ccc(C(=O)OC)cc1. The number of ether oxygens (including phenoxy) is 1. The molecule has 0 saturated heterocycles. The molecule has 0 bridgehead atoms. The van der Waals surface area contributed by atoms with Gasteiger partial charge >= 0.3 is 13.1 Å². The second kappa shape index (κ2) is 8.15. The number of hydrogen-bond acceptors (Lipinski definition) is 6. The van der Waals surface area contributed by atoms with E-state index < -0.39 is 7.12 Å². The van der Waals surface area contributed by atoms with Gasteiger partial charge in [-0.1, -0.05) is 24.1 Å². The van der Waals surface area contributed by atoms with E-state index in [1.54, 1.807) is 12.1 Å². The number of methoxy groups -OCH3 is 1. The van der Waals surface area contributed by atoms with Gasteiger partial charge in [-0.05, 0) is 17.7 Å². The summed E-state index contributed by atoms with van der Waals surface area (Å²) in [5.41, 5.74) is 1.61. The van der Waals surface area contributed by atoms with Crippen LogP contribution in [0.25, 0.3) is 0 Å². The quantitative estimate of drug-likeness (QED) is 0.331. The van der Waals surface area contributed by atoms with E-state index in [9.17, 15) is 4.79 Å². The molecular formula is C11H16BNO4S. The van der Waals surface area contributed by atoms with Crippen LogP contribution in [0.2, 0.25) is 0 Å². The van der Waals surface area contributed by atoms with Crippen molar-refractivity contribution < 1.29 is 19.2 Å². The Morgan fingerprint density at radius 3 is 2.61 bits per heavy atom. The lowest BCUT2D eigenvalue weighted by atomic mass is 9.93. The third-order valence-corrected chi connectivity index (χ3v) is 3.09. The highest BCUT2D eigenvalue weighted by atomic mass is 32.2. The van der Waals surface area contributed by atoms with Gasteiger partial charge in [0.2, 0.25) is 0 Å². The fraction of sp³-hybridized carbons (Fsp3) is 0.364. The van der Waals surface area contributed by atoms with Gasteiger partial charge in [-0.25, -0.2) is 4.79 Å². The third-order valence-electron chi connectivity index (χ3n) is 2.25. The van der Waals surface area contributed by atoms with Gasteiger partial charge in [0.15, 0.2) is 0 Å². The molecule has 0 atom stereocenters. The minimum atomic E-state index is -0.792. The number of nitrogens with one attached hydrogen (secondary N) is 1. The highest BCUT2D eigenvalue weighted by molar-refractivity contribution is 7.96. The molecule has 0 unspecified atom stereocenters. The van der Waals surface area contributed by atoms with Crippen LogP contribution in [0, 0.1) is 0 Å². The second-order valence-corrected chi connectivity index (χ2v) is 4.38. The van der Waals surface area contributed by atoms with Crippen molar-refractivity contribution in [1.29, 1.82) is 0 Å². The number of benzene rings is 1. The molecule has 0 aromatic heterocycles. The predicted molar refractivity (Wildman–Crippen MR) is 72.1 cm³/mol. The van der Waals surface area contributed by atoms with Gasteiger partial charge in [-0.2, -0.15) is 0 Å². The van der Waals surface area contributed by atoms with Gasteiger partial charge in [-0.15, -0.1) is 0 Å². The highest BCUT2D eigenvalue weighted by Gasteiger charge is 2.09. The van der Waals surface area contributed by atoms with E-state index in [2.05, 4.69) is 14.1 Å². The molecule has 5 nitrogen and oxygen atoms in total. The van der Waals surface area contributed by atoms with E-state index in [-0.39, 0.29) is 5.97 Å². The number of carbonyl (C=O) groups excluding carboxylic acids is 1. The Hall–Kier alpha value is -1.02. The molecule has 98 valence electrons. The second-order valence-electron chi connectivity index (χ2n) is 3.52. The molecule has 0 amide bonds. The number of carbonyl (C=O) groups is 1. The van der Waals surface area contributed by atoms with Crippen molar-refractivity contribution in [2.24, 2.45) is 0 Å². The average molecular weight is 269 g/mol. The maximum atomic E-state index is 11.2. The van der Waals surface area contributed by atoms with Crippen LogP contribution in [0.15, 0.2) is 24.3 Å². The van der Waals surface area contributed by atoms with Crippen molar-refractivity contribution in [2.75, 3.05) is 20.7 Å². The summed E-state index contributed by atoms with van der Waals surface area (Å²) in [7, 11) is 2.01. The van der Waals surface area contributed by atoms with Crippen LogP contribution < -0.4 is 4.72 Å². The fourth-order valence-corrected chi connectivity index (χ4v) is 1.92. The van der Waals surface area contributed by atoms with E-state index >= 15 is 0 Å². The molecule has 0 saturated carbocycles. The highest BCUT2D eigenvalue weighted by Crippen LogP contribution is 2.11. The zero-order valence-electron chi connectivity index (χ0n) is 10.4. The summed E-state index contributed by atoms with van der Waals surface area (Å²) < 4.78 is 12.3. The van der Waals surface area contributed by atoms with Crippen molar-refractivity contribution in [3.8, 4) is 0 Å². The molecule has 7 heteroatoms. The molecule has 2 N–H and O–H groups in total. The molecule has 1 aromatic carbocycles. The normalized spacial score (nSPS) is 10.2. The monoisotopic (exact) mass is 269 g/mol. The summed E-state index contributed by atoms with van der Waals surface area (Å²) in [5.74, 6) is 0.397. The molecule has 1 aromatic rings. The first kappa shape index (κ1) is 15.0. The standard InChI is InChI=1S/C11H16BNO4S/c1-16-11(14)10-5-3-9(4-6-10)7-18-13-8-12(15)17-2/h3-6,13,15H,7-8H2,1-2H3. The van der Waals surface area contributed by atoms with Gasteiger partial charge in [-0.3, -0.25) is 4.72 Å². The lowest BCUT2D eigenvalue weighted by molar-refractivity contribution is 0.0600. The molecule has 0 aliphatic rings. The lowest BCUT2D eigenvalue weighted by Gasteiger charge is -2.06. The Morgan fingerprint density at radius 1 is 1.39 bits per heavy atom. The minimum Gasteiger partial charge on any atom is -0.465 e. The third kappa shape index (κ3) is 5.09. The van der Waals surface area contributed by atoms with E-state index in [1.807, 2.05) is 12.1 Å². The largest absolute Gasteiger partial charge is 0.469 e. The molecule has 0 heterocycles. The van der Waals surface area contributed by atoms with Gasteiger partial charge in [0.1, 0.15) is 0 Å². The number of rotatable bonds is 7. The summed E-state index contributed by atoms with van der Waals surface area (Å²) in [6.45, 7) is 0. The topological polar surface area (TPSA) is 67.8 Å². The summed E-state index contributed by atoms with van der Waals surface area (Å²) in [6, 6.07) is 7.19. The molecular weight excluding hydrogens is 253 g/mol. The van der Waals surface area contributed by atoms with Crippen molar-refractivity contribution >= 4 is 25.0 Å². The number of hydrogen-bond donors (Lipinski definition) is 2. The Kier molecular flexibility index (Phi) is 6.81. The summed E-state index contributed by atoms with van der Waals surface area (Å²) in [5, 5.41) is 9.13. The van der Waals surface area contributed by atoms with Crippen molar-refractivity contribution in [3.05, 3.63) is 35.4 Å². The Balaban J connectivity index is 2.33. The van der Waals surface area contributed by atoms with Crippen LogP contribution in [0.1, 0.15) is 15.9 Å². The minimum absolute atomic E-state index is 0.337. The van der Waals surface area contributed by atoms with Gasteiger partial charge in [0.05, 0.1) is 12.7 Å². The molecule has 18 heavy (non-hydrogen) atoms. The van der Waals surface area contributed by atoms with Crippen LogP contribution in [-0.2, 0) is 15.1 Å². The van der Waals surface area contributed by atoms with Gasteiger partial charge in [0.25, 0.3) is 0 Å². The molecule has 0 fully saturated rings. The molecule has 1 rings (SSSR count). The van der Waals surface area contributed by atoms with Gasteiger partial charge < -0.3 is 14.4 Å². The predicted octanol–water partition coefficient (Wildman–Crippen LogP) is 0.877. The maximum absolute atomic E-state index is 11.2. The number of esters is 1. The van der Waals surface area contributed by atoms with Crippen LogP contribution in [0.4, 0.5) is 0 Å². The molecule has 0 radical (unpaired) electrons. The molecule has 0 aliphatic carbocycles. The first-order chi connectivity index (χ1) is 8.67. The van der Waals surface area contributed by atoms with E-state index in [0.29, 0.717) is 12.0 Å². The first-order valence-electron chi connectivity index (χ1n) is 5.40. The van der Waals surface area contributed by atoms with Crippen molar-refractivity contribution in [1.82, 2.24) is 4.72 Å². The Bertz CT molecular complexity index is 374. The van der Waals surface area contributed by atoms with E-state index in [4.69, 9.17) is 5.02 Å². The van der Waals surface area contributed by atoms with E-state index in [1.165, 1.54) is 26.2 Å². The Morgan fingerprint density at radius 2 is 2.06 bits per heavy atom. The summed E-state index contributed by atoms with van der Waals surface area (Å²) in [6.07, 6.45) is 0.363. The van der Waals surface area contributed by atoms with Crippen LogP contribution in [0.3, 0.4) is 0 Å². The zero-order valence-corrected chi connectivity index (χ0v) is 11.2. The van der Waals surface area contributed by atoms with Crippen LogP contribution in [-0.4, -0.2) is 38.8 Å². The van der Waals surface area contributed by atoms with E-state index in [0.717, 1.165) is 11.3 Å². The molecule has 0 aliphatic heterocycles. The maximum Gasteiger partial charge on any atom is 0.469 e. The molecule has 0 spiro atoms. The summed E-state index contributed by atoms with van der Waals surface area (Å²) in [4.78, 5) is 11.2. The van der Waals surface area contributed by atoms with Crippen molar-refractivity contribution in [3.63, 3.8) is 0 Å². The van der Waals surface area contributed by atoms with Crippen molar-refractivity contribution in [2.45, 2.75) is 5.75 Å². The smallest absolute Gasteiger partial charge is 0.465 e. The Labute approximate surface area is 111 Å². The average Bonchev–Trinajstić information content (AvgIpc) is 2.43. The first-order valence-corrected chi connectivity index (χ1v) is 6.38. The summed E-state index contributed by atoms with van der Waals surface area (Å²) >= 11 is 1.46. The van der Waals surface area contributed by atoms with Crippen LogP contribution >= 0.6 is 11.9 Å². The van der Waals surface area contributed by atoms with Crippen LogP contribution in [0.5, 0.6) is 0 Å².